The quantitative estimate of drug-likeness (QED) is 0.671. The number of carbonyl (C=O) groups excluding carboxylic acids is 2. The second-order valence-electron chi connectivity index (χ2n) is 10.8. The number of hydrogen-bond donors (Lipinski definition) is 1. The summed E-state index contributed by atoms with van der Waals surface area (Å²) in [5.74, 6) is 1.82. The minimum Gasteiger partial charge on any atom is -0.454 e. The first-order chi connectivity index (χ1) is 17.6. The Morgan fingerprint density at radius 2 is 1.69 bits per heavy atom. The summed E-state index contributed by atoms with van der Waals surface area (Å²) >= 11 is 0. The van der Waals surface area contributed by atoms with Crippen molar-refractivity contribution in [2.45, 2.75) is 43.9 Å². The van der Waals surface area contributed by atoms with Crippen LogP contribution < -0.4 is 14.8 Å². The predicted molar refractivity (Wildman–Crippen MR) is 134 cm³/mol. The minimum absolute atomic E-state index is 0.0538. The standard InChI is InChI=1S/C29H34N2O5/c32-26(17-21-6-7-24-25(16-21)36-20-35-24)31-12-8-28(9-13-31)18-23(28)27(33)30-19-29(10-14-34-15-11-29)22-4-2-1-3-5-22/h1-7,16,23H,8-15,17-20H2,(H,30,33). The highest BCUT2D eigenvalue weighted by molar-refractivity contribution is 5.83. The van der Waals surface area contributed by atoms with Gasteiger partial charge in [-0.05, 0) is 60.8 Å². The van der Waals surface area contributed by atoms with E-state index in [0.29, 0.717) is 18.7 Å². The molecule has 2 aromatic rings. The number of hydrogen-bond acceptors (Lipinski definition) is 5. The van der Waals surface area contributed by atoms with E-state index in [1.807, 2.05) is 29.2 Å². The summed E-state index contributed by atoms with van der Waals surface area (Å²) in [7, 11) is 0. The third-order valence-electron chi connectivity index (χ3n) is 8.85. The third-order valence-corrected chi connectivity index (χ3v) is 8.85. The van der Waals surface area contributed by atoms with Crippen molar-refractivity contribution in [1.82, 2.24) is 10.2 Å². The van der Waals surface area contributed by atoms with Crippen molar-refractivity contribution in [2.75, 3.05) is 39.6 Å². The van der Waals surface area contributed by atoms with E-state index in [1.165, 1.54) is 5.56 Å². The topological polar surface area (TPSA) is 77.1 Å². The SMILES string of the molecule is O=C(NCC1(c2ccccc2)CCOCC1)C1CC12CCN(C(=O)Cc1ccc3c(c1)OCO3)CC2. The van der Waals surface area contributed by atoms with Crippen LogP contribution in [0.2, 0.25) is 0 Å². The van der Waals surface area contributed by atoms with Crippen LogP contribution in [0.1, 0.15) is 43.2 Å². The fraction of sp³-hybridized carbons (Fsp3) is 0.517. The minimum atomic E-state index is -0.0538. The van der Waals surface area contributed by atoms with Crippen molar-refractivity contribution < 1.29 is 23.8 Å². The number of likely N-dealkylation sites (tertiary alicyclic amines) is 1. The van der Waals surface area contributed by atoms with Crippen LogP contribution in [0.25, 0.3) is 0 Å². The molecule has 0 radical (unpaired) electrons. The van der Waals surface area contributed by atoms with Gasteiger partial charge in [-0.3, -0.25) is 9.59 Å². The van der Waals surface area contributed by atoms with Gasteiger partial charge in [0, 0.05) is 44.2 Å². The van der Waals surface area contributed by atoms with Gasteiger partial charge in [0.1, 0.15) is 0 Å². The molecule has 1 unspecified atom stereocenters. The van der Waals surface area contributed by atoms with Gasteiger partial charge >= 0.3 is 0 Å². The number of carbonyl (C=O) groups is 2. The molecular formula is C29H34N2O5. The van der Waals surface area contributed by atoms with Gasteiger partial charge in [-0.1, -0.05) is 36.4 Å². The number of rotatable bonds is 6. The average Bonchev–Trinajstić information content (AvgIpc) is 3.41. The van der Waals surface area contributed by atoms with E-state index in [2.05, 4.69) is 29.6 Å². The highest BCUT2D eigenvalue weighted by Gasteiger charge is 2.58. The first kappa shape index (κ1) is 23.3. The molecule has 6 rings (SSSR count). The maximum absolute atomic E-state index is 13.2. The molecule has 36 heavy (non-hydrogen) atoms. The maximum Gasteiger partial charge on any atom is 0.231 e. The molecule has 4 aliphatic rings. The lowest BCUT2D eigenvalue weighted by Gasteiger charge is -2.38. The Kier molecular flexibility index (Phi) is 6.12. The van der Waals surface area contributed by atoms with Crippen LogP contribution >= 0.6 is 0 Å². The normalized spacial score (nSPS) is 23.3. The number of nitrogens with one attached hydrogen (secondary N) is 1. The molecule has 3 aliphatic heterocycles. The molecule has 3 fully saturated rings. The lowest BCUT2D eigenvalue weighted by atomic mass is 9.74. The van der Waals surface area contributed by atoms with E-state index in [1.54, 1.807) is 0 Å². The molecule has 1 N–H and O–H groups in total. The fourth-order valence-electron chi connectivity index (χ4n) is 6.31. The van der Waals surface area contributed by atoms with Crippen LogP contribution in [0, 0.1) is 11.3 Å². The molecular weight excluding hydrogens is 456 g/mol. The zero-order chi connectivity index (χ0) is 24.6. The van der Waals surface area contributed by atoms with E-state index >= 15 is 0 Å². The molecule has 1 atom stereocenters. The Balaban J connectivity index is 1.01. The molecule has 2 saturated heterocycles. The van der Waals surface area contributed by atoms with Crippen LogP contribution in [-0.2, 0) is 26.2 Å². The van der Waals surface area contributed by atoms with Gasteiger partial charge in [0.15, 0.2) is 11.5 Å². The van der Waals surface area contributed by atoms with E-state index in [9.17, 15) is 9.59 Å². The van der Waals surface area contributed by atoms with Crippen LogP contribution in [0.5, 0.6) is 11.5 Å². The number of amides is 2. The van der Waals surface area contributed by atoms with Crippen molar-refractivity contribution in [3.63, 3.8) is 0 Å². The Labute approximate surface area is 212 Å². The van der Waals surface area contributed by atoms with Crippen LogP contribution in [0.4, 0.5) is 0 Å². The summed E-state index contributed by atoms with van der Waals surface area (Å²) in [6.07, 6.45) is 4.94. The number of ether oxygens (including phenoxy) is 3. The van der Waals surface area contributed by atoms with Crippen LogP contribution in [-0.4, -0.2) is 56.4 Å². The van der Waals surface area contributed by atoms with E-state index in [0.717, 1.165) is 69.7 Å². The summed E-state index contributed by atoms with van der Waals surface area (Å²) in [5, 5.41) is 3.32. The smallest absolute Gasteiger partial charge is 0.231 e. The van der Waals surface area contributed by atoms with Crippen molar-refractivity contribution >= 4 is 11.8 Å². The summed E-state index contributed by atoms with van der Waals surface area (Å²) in [6.45, 7) is 3.79. The van der Waals surface area contributed by atoms with Crippen molar-refractivity contribution in [3.8, 4) is 11.5 Å². The Bertz CT molecular complexity index is 1120. The van der Waals surface area contributed by atoms with Gasteiger partial charge < -0.3 is 24.4 Å². The summed E-state index contributed by atoms with van der Waals surface area (Å²) < 4.78 is 16.4. The molecule has 0 aromatic heterocycles. The van der Waals surface area contributed by atoms with Gasteiger partial charge in [0.2, 0.25) is 18.6 Å². The first-order valence-electron chi connectivity index (χ1n) is 13.1. The van der Waals surface area contributed by atoms with Gasteiger partial charge in [0.25, 0.3) is 0 Å². The summed E-state index contributed by atoms with van der Waals surface area (Å²) in [6, 6.07) is 16.2. The van der Waals surface area contributed by atoms with E-state index in [-0.39, 0.29) is 35.4 Å². The average molecular weight is 491 g/mol. The van der Waals surface area contributed by atoms with Crippen LogP contribution in [0.3, 0.4) is 0 Å². The molecule has 2 aromatic carbocycles. The van der Waals surface area contributed by atoms with Gasteiger partial charge in [-0.2, -0.15) is 0 Å². The molecule has 190 valence electrons. The molecule has 7 nitrogen and oxygen atoms in total. The maximum atomic E-state index is 13.2. The molecule has 1 spiro atoms. The third kappa shape index (κ3) is 4.45. The molecule has 0 bridgehead atoms. The fourth-order valence-corrected chi connectivity index (χ4v) is 6.31. The molecule has 1 saturated carbocycles. The highest BCUT2D eigenvalue weighted by atomic mass is 16.7. The zero-order valence-corrected chi connectivity index (χ0v) is 20.7. The lowest BCUT2D eigenvalue weighted by molar-refractivity contribution is -0.132. The van der Waals surface area contributed by atoms with E-state index in [4.69, 9.17) is 14.2 Å². The van der Waals surface area contributed by atoms with E-state index < -0.39 is 0 Å². The highest BCUT2D eigenvalue weighted by Crippen LogP contribution is 2.59. The van der Waals surface area contributed by atoms with Crippen molar-refractivity contribution in [3.05, 3.63) is 59.7 Å². The molecule has 1 aliphatic carbocycles. The monoisotopic (exact) mass is 490 g/mol. The van der Waals surface area contributed by atoms with Gasteiger partial charge in [-0.15, -0.1) is 0 Å². The second kappa shape index (κ2) is 9.43. The molecule has 3 heterocycles. The Morgan fingerprint density at radius 3 is 2.47 bits per heavy atom. The zero-order valence-electron chi connectivity index (χ0n) is 20.7. The summed E-state index contributed by atoms with van der Waals surface area (Å²) in [5.41, 5.74) is 2.23. The second-order valence-corrected chi connectivity index (χ2v) is 10.8. The number of piperidine rings is 1. The van der Waals surface area contributed by atoms with Crippen molar-refractivity contribution in [1.29, 1.82) is 0 Å². The van der Waals surface area contributed by atoms with Crippen LogP contribution in [0.15, 0.2) is 48.5 Å². The number of benzene rings is 2. The molecule has 2 amide bonds. The Morgan fingerprint density at radius 1 is 0.944 bits per heavy atom. The number of fused-ring (bicyclic) bond motifs is 1. The van der Waals surface area contributed by atoms with Crippen molar-refractivity contribution in [2.24, 2.45) is 11.3 Å². The summed E-state index contributed by atoms with van der Waals surface area (Å²) in [4.78, 5) is 28.1. The first-order valence-corrected chi connectivity index (χ1v) is 13.1. The Hall–Kier alpha value is -3.06. The largest absolute Gasteiger partial charge is 0.454 e. The lowest BCUT2D eigenvalue weighted by Crippen LogP contribution is -2.46. The number of nitrogens with zero attached hydrogens (tertiary/aromatic N) is 1. The van der Waals surface area contributed by atoms with Gasteiger partial charge in [0.05, 0.1) is 6.42 Å². The predicted octanol–water partition coefficient (Wildman–Crippen LogP) is 3.45. The van der Waals surface area contributed by atoms with Gasteiger partial charge in [-0.25, -0.2) is 0 Å². The molecule has 7 heteroatoms.